The Balaban J connectivity index is 2.35. The summed E-state index contributed by atoms with van der Waals surface area (Å²) in [6, 6.07) is 0. The lowest BCUT2D eigenvalue weighted by Gasteiger charge is -2.28. The van der Waals surface area contributed by atoms with Crippen LogP contribution in [-0.2, 0) is 4.74 Å². The zero-order valence-electron chi connectivity index (χ0n) is 5.58. The molecule has 0 aromatic rings. The molecule has 0 radical (unpaired) electrons. The van der Waals surface area contributed by atoms with E-state index >= 15 is 0 Å². The zero-order chi connectivity index (χ0) is 6.85. The summed E-state index contributed by atoms with van der Waals surface area (Å²) in [4.78, 5) is 0. The monoisotopic (exact) mass is 131 g/mol. The second-order valence-corrected chi connectivity index (χ2v) is 2.65. The Labute approximate surface area is 54.8 Å². The van der Waals surface area contributed by atoms with E-state index < -0.39 is 0 Å². The molecule has 0 spiro atoms. The number of ether oxygens (including phenoxy) is 1. The van der Waals surface area contributed by atoms with Gasteiger partial charge in [0.15, 0.2) is 0 Å². The quantitative estimate of drug-likeness (QED) is 0.474. The van der Waals surface area contributed by atoms with Crippen molar-refractivity contribution in [3.8, 4) is 0 Å². The Morgan fingerprint density at radius 1 is 1.67 bits per heavy atom. The van der Waals surface area contributed by atoms with E-state index in [2.05, 4.69) is 0 Å². The molecule has 1 heterocycles. The molecular weight excluding hydrogens is 118 g/mol. The van der Waals surface area contributed by atoms with E-state index in [9.17, 15) is 5.11 Å². The molecule has 1 fully saturated rings. The van der Waals surface area contributed by atoms with Crippen molar-refractivity contribution < 1.29 is 9.84 Å². The van der Waals surface area contributed by atoms with E-state index in [0.717, 1.165) is 0 Å². The van der Waals surface area contributed by atoms with Gasteiger partial charge in [-0.15, -0.1) is 0 Å². The van der Waals surface area contributed by atoms with Gasteiger partial charge in [0.1, 0.15) is 6.23 Å². The number of aliphatic hydroxyl groups excluding tert-OH is 1. The average Bonchev–Trinajstić information content (AvgIpc) is 1.80. The molecule has 0 bridgehead atoms. The Bertz CT molecular complexity index is 97.1. The maximum atomic E-state index is 9.19. The van der Waals surface area contributed by atoms with Crippen LogP contribution in [0.5, 0.6) is 0 Å². The molecule has 9 heavy (non-hydrogen) atoms. The Morgan fingerprint density at radius 2 is 2.33 bits per heavy atom. The summed E-state index contributed by atoms with van der Waals surface area (Å²) in [7, 11) is 0. The molecule has 1 aliphatic rings. The van der Waals surface area contributed by atoms with E-state index in [1.165, 1.54) is 0 Å². The number of aliphatic hydroxyl groups is 1. The van der Waals surface area contributed by atoms with Gasteiger partial charge in [-0.2, -0.15) is 0 Å². The second kappa shape index (κ2) is 2.64. The van der Waals surface area contributed by atoms with Gasteiger partial charge in [-0.1, -0.05) is 6.92 Å². The van der Waals surface area contributed by atoms with Gasteiger partial charge in [0.05, 0.1) is 12.7 Å². The van der Waals surface area contributed by atoms with E-state index in [1.54, 1.807) is 0 Å². The number of hydrogen-bond acceptors (Lipinski definition) is 3. The molecule has 0 saturated carbocycles. The average molecular weight is 131 g/mol. The molecular formula is C6H13NO2. The number of hydrogen-bond donors (Lipinski definition) is 2. The fourth-order valence-electron chi connectivity index (χ4n) is 0.925. The largest absolute Gasteiger partial charge is 0.393 e. The Kier molecular flexibility index (Phi) is 2.05. The van der Waals surface area contributed by atoms with Gasteiger partial charge in [0.25, 0.3) is 0 Å². The van der Waals surface area contributed by atoms with Gasteiger partial charge in [0, 0.05) is 12.3 Å². The van der Waals surface area contributed by atoms with Crippen molar-refractivity contribution in [3.05, 3.63) is 0 Å². The normalized spacial score (nSPS) is 45.0. The van der Waals surface area contributed by atoms with E-state index in [-0.39, 0.29) is 18.2 Å². The van der Waals surface area contributed by atoms with Crippen LogP contribution in [0.15, 0.2) is 0 Å². The first-order chi connectivity index (χ1) is 4.20. The van der Waals surface area contributed by atoms with Gasteiger partial charge in [0.2, 0.25) is 0 Å². The van der Waals surface area contributed by atoms with Crippen molar-refractivity contribution in [1.82, 2.24) is 0 Å². The lowest BCUT2D eigenvalue weighted by molar-refractivity contribution is -0.0744. The zero-order valence-corrected chi connectivity index (χ0v) is 5.58. The summed E-state index contributed by atoms with van der Waals surface area (Å²) in [6.45, 7) is 2.54. The van der Waals surface area contributed by atoms with Gasteiger partial charge in [-0.25, -0.2) is 0 Å². The molecule has 3 heteroatoms. The summed E-state index contributed by atoms with van der Waals surface area (Å²) >= 11 is 0. The second-order valence-electron chi connectivity index (χ2n) is 2.65. The summed E-state index contributed by atoms with van der Waals surface area (Å²) in [5, 5.41) is 9.19. The summed E-state index contributed by atoms with van der Waals surface area (Å²) < 4.78 is 5.08. The summed E-state index contributed by atoms with van der Waals surface area (Å²) in [5.41, 5.74) is 5.41. The maximum absolute atomic E-state index is 9.19. The van der Waals surface area contributed by atoms with Gasteiger partial charge < -0.3 is 15.6 Å². The molecule has 3 unspecified atom stereocenters. The third kappa shape index (κ3) is 1.64. The first-order valence-electron chi connectivity index (χ1n) is 3.25. The van der Waals surface area contributed by atoms with Gasteiger partial charge in [-0.05, 0) is 0 Å². The molecule has 3 N–H and O–H groups in total. The van der Waals surface area contributed by atoms with Crippen LogP contribution in [0.2, 0.25) is 0 Å². The highest BCUT2D eigenvalue weighted by atomic mass is 16.5. The van der Waals surface area contributed by atoms with Crippen LogP contribution in [0, 0.1) is 5.92 Å². The minimum absolute atomic E-state index is 0.241. The van der Waals surface area contributed by atoms with Crippen LogP contribution >= 0.6 is 0 Å². The van der Waals surface area contributed by atoms with Crippen LogP contribution in [0.1, 0.15) is 13.3 Å². The highest BCUT2D eigenvalue weighted by molar-refractivity contribution is 4.71. The molecule has 0 aromatic heterocycles. The Morgan fingerprint density at radius 3 is 2.78 bits per heavy atom. The maximum Gasteiger partial charge on any atom is 0.108 e. The predicted molar refractivity (Wildman–Crippen MR) is 33.7 cm³/mol. The van der Waals surface area contributed by atoms with E-state index in [0.29, 0.717) is 13.0 Å². The van der Waals surface area contributed by atoms with Crippen molar-refractivity contribution in [2.45, 2.75) is 25.7 Å². The van der Waals surface area contributed by atoms with Gasteiger partial charge >= 0.3 is 0 Å². The molecule has 1 saturated heterocycles. The van der Waals surface area contributed by atoms with E-state index in [1.807, 2.05) is 6.92 Å². The Hall–Kier alpha value is -0.120. The third-order valence-electron chi connectivity index (χ3n) is 1.70. The number of nitrogens with two attached hydrogens (primary N) is 1. The molecule has 0 aromatic carbocycles. The standard InChI is InChI=1S/C6H13NO2/c1-4-3-9-6(7)2-5(4)8/h4-6,8H,2-3,7H2,1H3. The van der Waals surface area contributed by atoms with Crippen LogP contribution in [0.3, 0.4) is 0 Å². The molecule has 1 aliphatic heterocycles. The fraction of sp³-hybridized carbons (Fsp3) is 1.00. The lowest BCUT2D eigenvalue weighted by Crippen LogP contribution is -2.40. The fourth-order valence-corrected chi connectivity index (χ4v) is 0.925. The van der Waals surface area contributed by atoms with Crippen molar-refractivity contribution in [2.75, 3.05) is 6.61 Å². The molecule has 1 rings (SSSR count). The van der Waals surface area contributed by atoms with Crippen LogP contribution in [0.4, 0.5) is 0 Å². The summed E-state index contributed by atoms with van der Waals surface area (Å²) in [5.74, 6) is 0.241. The van der Waals surface area contributed by atoms with Crippen molar-refractivity contribution in [2.24, 2.45) is 11.7 Å². The highest BCUT2D eigenvalue weighted by Crippen LogP contribution is 2.15. The SMILES string of the molecule is CC1COC(N)CC1O. The number of rotatable bonds is 0. The topological polar surface area (TPSA) is 55.5 Å². The molecule has 54 valence electrons. The van der Waals surface area contributed by atoms with Crippen LogP contribution in [-0.4, -0.2) is 24.0 Å². The van der Waals surface area contributed by atoms with Crippen LogP contribution < -0.4 is 5.73 Å². The first-order valence-corrected chi connectivity index (χ1v) is 3.25. The highest BCUT2D eigenvalue weighted by Gasteiger charge is 2.23. The molecule has 0 amide bonds. The van der Waals surface area contributed by atoms with Crippen molar-refractivity contribution in [1.29, 1.82) is 0 Å². The third-order valence-corrected chi connectivity index (χ3v) is 1.70. The van der Waals surface area contributed by atoms with E-state index in [4.69, 9.17) is 10.5 Å². The van der Waals surface area contributed by atoms with Crippen molar-refractivity contribution >= 4 is 0 Å². The van der Waals surface area contributed by atoms with Crippen molar-refractivity contribution in [3.63, 3.8) is 0 Å². The minimum Gasteiger partial charge on any atom is -0.393 e. The molecule has 0 aliphatic carbocycles. The molecule has 3 atom stereocenters. The predicted octanol–water partition coefficient (Wildman–Crippen LogP) is -0.311. The smallest absolute Gasteiger partial charge is 0.108 e. The molecule has 3 nitrogen and oxygen atoms in total. The first kappa shape index (κ1) is 6.99. The lowest BCUT2D eigenvalue weighted by atomic mass is 10.00. The summed E-state index contributed by atoms with van der Waals surface area (Å²) in [6.07, 6.45) is 0.0474. The van der Waals surface area contributed by atoms with Crippen LogP contribution in [0.25, 0.3) is 0 Å². The van der Waals surface area contributed by atoms with Gasteiger partial charge in [-0.3, -0.25) is 0 Å². The minimum atomic E-state index is -0.270.